The van der Waals surface area contributed by atoms with Crippen molar-refractivity contribution < 1.29 is 9.90 Å². The van der Waals surface area contributed by atoms with Gasteiger partial charge in [-0.25, -0.2) is 4.79 Å². The molecule has 0 heterocycles. The molecule has 1 aliphatic rings. The van der Waals surface area contributed by atoms with Crippen LogP contribution in [-0.4, -0.2) is 16.3 Å². The van der Waals surface area contributed by atoms with Crippen LogP contribution in [0.3, 0.4) is 0 Å². The largest absolute Gasteiger partial charge is 0.478 e. The third-order valence-corrected chi connectivity index (χ3v) is 4.68. The lowest BCUT2D eigenvalue weighted by atomic mass is 10.0. The molecule has 0 amide bonds. The Morgan fingerprint density at radius 1 is 1.29 bits per heavy atom. The van der Waals surface area contributed by atoms with Gasteiger partial charge >= 0.3 is 5.97 Å². The van der Waals surface area contributed by atoms with Gasteiger partial charge in [-0.15, -0.1) is 11.8 Å². The van der Waals surface area contributed by atoms with Gasteiger partial charge in [0.15, 0.2) is 0 Å². The van der Waals surface area contributed by atoms with Crippen LogP contribution in [0.25, 0.3) is 0 Å². The zero-order valence-electron chi connectivity index (χ0n) is 9.49. The first-order valence-electron chi connectivity index (χ1n) is 5.86. The predicted molar refractivity (Wildman–Crippen MR) is 71.1 cm³/mol. The Balaban J connectivity index is 2.10. The smallest absolute Gasteiger partial charge is 0.337 e. The highest BCUT2D eigenvalue weighted by molar-refractivity contribution is 8.00. The first-order valence-corrected chi connectivity index (χ1v) is 7.12. The molecule has 1 aromatic rings. The number of hydrogen-bond acceptors (Lipinski definition) is 2. The normalized spacial score (nSPS) is 17.0. The van der Waals surface area contributed by atoms with Crippen LogP contribution in [0.2, 0.25) is 5.02 Å². The topological polar surface area (TPSA) is 37.3 Å². The van der Waals surface area contributed by atoms with Gasteiger partial charge in [0.2, 0.25) is 0 Å². The summed E-state index contributed by atoms with van der Waals surface area (Å²) in [5, 5.41) is 9.94. The summed E-state index contributed by atoms with van der Waals surface area (Å²) in [4.78, 5) is 12.0. The van der Waals surface area contributed by atoms with Crippen molar-refractivity contribution in [2.75, 3.05) is 0 Å². The summed E-state index contributed by atoms with van der Waals surface area (Å²) in [5.74, 6) is -0.957. The number of hydrogen-bond donors (Lipinski definition) is 1. The summed E-state index contributed by atoms with van der Waals surface area (Å²) in [6, 6.07) is 5.27. The third-order valence-electron chi connectivity index (χ3n) is 3.02. The Morgan fingerprint density at radius 2 is 2.00 bits per heavy atom. The third kappa shape index (κ3) is 3.39. The molecule has 0 aliphatic heterocycles. The number of carboxylic acid groups (broad SMARTS) is 1. The van der Waals surface area contributed by atoms with E-state index in [2.05, 4.69) is 0 Å². The highest BCUT2D eigenvalue weighted by Crippen LogP contribution is 2.34. The quantitative estimate of drug-likeness (QED) is 0.881. The monoisotopic (exact) mass is 270 g/mol. The lowest BCUT2D eigenvalue weighted by molar-refractivity contribution is 0.0697. The van der Waals surface area contributed by atoms with Crippen LogP contribution in [0.4, 0.5) is 0 Å². The van der Waals surface area contributed by atoms with Crippen molar-refractivity contribution in [2.45, 2.75) is 42.2 Å². The predicted octanol–water partition coefficient (Wildman–Crippen LogP) is 4.46. The standard InChI is InChI=1S/C13H15ClO2S/c14-12-7-6-10(8-11(12)13(15)16)17-9-4-2-1-3-5-9/h6-9H,1-5H2,(H,15,16). The molecule has 0 radical (unpaired) electrons. The Morgan fingerprint density at radius 3 is 2.65 bits per heavy atom. The van der Waals surface area contributed by atoms with Gasteiger partial charge in [-0.3, -0.25) is 0 Å². The second kappa shape index (κ2) is 5.78. The number of thioether (sulfide) groups is 1. The van der Waals surface area contributed by atoms with Crippen LogP contribution in [-0.2, 0) is 0 Å². The summed E-state index contributed by atoms with van der Waals surface area (Å²) in [6.45, 7) is 0. The van der Waals surface area contributed by atoms with Crippen molar-refractivity contribution in [3.8, 4) is 0 Å². The first-order chi connectivity index (χ1) is 8.16. The Bertz CT molecular complexity index is 414. The summed E-state index contributed by atoms with van der Waals surface area (Å²) in [7, 11) is 0. The number of benzene rings is 1. The molecule has 1 aromatic carbocycles. The minimum absolute atomic E-state index is 0.201. The molecule has 1 fully saturated rings. The van der Waals surface area contributed by atoms with Crippen molar-refractivity contribution >= 4 is 29.3 Å². The second-order valence-corrected chi connectivity index (χ2v) is 6.11. The lowest BCUT2D eigenvalue weighted by Gasteiger charge is -2.21. The maximum Gasteiger partial charge on any atom is 0.337 e. The van der Waals surface area contributed by atoms with Crippen molar-refractivity contribution in [1.29, 1.82) is 0 Å². The Kier molecular flexibility index (Phi) is 4.35. The summed E-state index contributed by atoms with van der Waals surface area (Å²) >= 11 is 7.63. The number of carbonyl (C=O) groups is 1. The Hall–Kier alpha value is -0.670. The molecule has 1 saturated carbocycles. The highest BCUT2D eigenvalue weighted by atomic mass is 35.5. The van der Waals surface area contributed by atoms with Gasteiger partial charge in [0.25, 0.3) is 0 Å². The van der Waals surface area contributed by atoms with Crippen LogP contribution in [0, 0.1) is 0 Å². The minimum atomic E-state index is -0.957. The second-order valence-electron chi connectivity index (χ2n) is 4.32. The van der Waals surface area contributed by atoms with Crippen molar-refractivity contribution in [3.63, 3.8) is 0 Å². The fourth-order valence-electron chi connectivity index (χ4n) is 2.12. The maximum absolute atomic E-state index is 11.0. The van der Waals surface area contributed by atoms with Crippen LogP contribution in [0.1, 0.15) is 42.5 Å². The van der Waals surface area contributed by atoms with Crippen LogP contribution >= 0.6 is 23.4 Å². The zero-order valence-corrected chi connectivity index (χ0v) is 11.1. The van der Waals surface area contributed by atoms with E-state index in [1.54, 1.807) is 23.9 Å². The number of carboxylic acids is 1. The van der Waals surface area contributed by atoms with E-state index in [1.807, 2.05) is 6.07 Å². The summed E-state index contributed by atoms with van der Waals surface area (Å²) in [6.07, 6.45) is 6.37. The number of halogens is 1. The van der Waals surface area contributed by atoms with E-state index >= 15 is 0 Å². The van der Waals surface area contributed by atoms with Crippen LogP contribution in [0.15, 0.2) is 23.1 Å². The fraction of sp³-hybridized carbons (Fsp3) is 0.462. The van der Waals surface area contributed by atoms with Crippen LogP contribution in [0.5, 0.6) is 0 Å². The minimum Gasteiger partial charge on any atom is -0.478 e. The molecule has 0 spiro atoms. The average Bonchev–Trinajstić information content (AvgIpc) is 2.32. The van der Waals surface area contributed by atoms with E-state index in [-0.39, 0.29) is 5.56 Å². The molecular formula is C13H15ClO2S. The van der Waals surface area contributed by atoms with Gasteiger partial charge in [-0.05, 0) is 31.0 Å². The van der Waals surface area contributed by atoms with Crippen molar-refractivity contribution in [1.82, 2.24) is 0 Å². The van der Waals surface area contributed by atoms with E-state index in [4.69, 9.17) is 16.7 Å². The maximum atomic E-state index is 11.0. The molecule has 0 saturated heterocycles. The molecule has 0 atom stereocenters. The van der Waals surface area contributed by atoms with Crippen LogP contribution < -0.4 is 0 Å². The summed E-state index contributed by atoms with van der Waals surface area (Å²) in [5.41, 5.74) is 0.201. The highest BCUT2D eigenvalue weighted by Gasteiger charge is 2.16. The van der Waals surface area contributed by atoms with E-state index in [0.717, 1.165) is 4.90 Å². The van der Waals surface area contributed by atoms with Crippen molar-refractivity contribution in [2.24, 2.45) is 0 Å². The molecule has 0 bridgehead atoms. The lowest BCUT2D eigenvalue weighted by Crippen LogP contribution is -2.07. The van der Waals surface area contributed by atoms with E-state index < -0.39 is 5.97 Å². The number of aromatic carboxylic acids is 1. The molecule has 2 rings (SSSR count). The van der Waals surface area contributed by atoms with Crippen molar-refractivity contribution in [3.05, 3.63) is 28.8 Å². The molecule has 1 aliphatic carbocycles. The molecule has 1 N–H and O–H groups in total. The van der Waals surface area contributed by atoms with E-state index in [9.17, 15) is 4.79 Å². The SMILES string of the molecule is O=C(O)c1cc(SC2CCCCC2)ccc1Cl. The fourth-order valence-corrected chi connectivity index (χ4v) is 3.60. The molecule has 17 heavy (non-hydrogen) atoms. The van der Waals surface area contributed by atoms with Gasteiger partial charge in [0, 0.05) is 10.1 Å². The van der Waals surface area contributed by atoms with E-state index in [0.29, 0.717) is 10.3 Å². The Labute approximate surface area is 110 Å². The molecule has 0 aromatic heterocycles. The molecule has 0 unspecified atom stereocenters. The molecule has 4 heteroatoms. The average molecular weight is 271 g/mol. The van der Waals surface area contributed by atoms with E-state index in [1.165, 1.54) is 32.1 Å². The first kappa shape index (κ1) is 12.8. The zero-order chi connectivity index (χ0) is 12.3. The van der Waals surface area contributed by atoms with Gasteiger partial charge in [0.1, 0.15) is 0 Å². The van der Waals surface area contributed by atoms with Gasteiger partial charge in [-0.2, -0.15) is 0 Å². The molecule has 2 nitrogen and oxygen atoms in total. The van der Waals surface area contributed by atoms with Gasteiger partial charge in [0.05, 0.1) is 10.6 Å². The number of rotatable bonds is 3. The van der Waals surface area contributed by atoms with Gasteiger partial charge < -0.3 is 5.11 Å². The summed E-state index contributed by atoms with van der Waals surface area (Å²) < 4.78 is 0. The van der Waals surface area contributed by atoms with Gasteiger partial charge in [-0.1, -0.05) is 30.9 Å². The molecular weight excluding hydrogens is 256 g/mol. The molecule has 92 valence electrons.